The van der Waals surface area contributed by atoms with Crippen LogP contribution >= 0.6 is 0 Å². The van der Waals surface area contributed by atoms with Gasteiger partial charge in [-0.1, -0.05) is 130 Å². The summed E-state index contributed by atoms with van der Waals surface area (Å²) in [5.41, 5.74) is 0. The minimum absolute atomic E-state index is 0.915. The zero-order valence-electron chi connectivity index (χ0n) is 20.9. The highest BCUT2D eigenvalue weighted by Crippen LogP contribution is 2.20. The van der Waals surface area contributed by atoms with Crippen molar-refractivity contribution in [2.24, 2.45) is 0 Å². The van der Waals surface area contributed by atoms with Gasteiger partial charge in [0.05, 0.1) is 0 Å². The SMILES string of the molecule is CCCCCCCCCCCCCCO[Si](CC)(CC)OCCCCCCCC. The van der Waals surface area contributed by atoms with Crippen LogP contribution in [-0.4, -0.2) is 21.8 Å². The van der Waals surface area contributed by atoms with Gasteiger partial charge in [-0.3, -0.25) is 0 Å². The van der Waals surface area contributed by atoms with Crippen LogP contribution in [0.4, 0.5) is 0 Å². The second-order valence-electron chi connectivity index (χ2n) is 8.97. The predicted octanol–water partition coefficient (Wildman–Crippen LogP) is 9.56. The van der Waals surface area contributed by atoms with Crippen LogP contribution in [0.1, 0.15) is 143 Å². The van der Waals surface area contributed by atoms with Crippen LogP contribution in [0.25, 0.3) is 0 Å². The van der Waals surface area contributed by atoms with Gasteiger partial charge in [-0.2, -0.15) is 0 Å². The van der Waals surface area contributed by atoms with Gasteiger partial charge in [0.1, 0.15) is 0 Å². The molecule has 0 aliphatic carbocycles. The maximum Gasteiger partial charge on any atom is 0.337 e. The van der Waals surface area contributed by atoms with Crippen molar-refractivity contribution in [1.82, 2.24) is 0 Å². The van der Waals surface area contributed by atoms with Crippen molar-refractivity contribution in [2.45, 2.75) is 155 Å². The highest BCUT2D eigenvalue weighted by molar-refractivity contribution is 6.67. The molecule has 2 nitrogen and oxygen atoms in total. The third kappa shape index (κ3) is 18.6. The molecule has 0 aliphatic heterocycles. The van der Waals surface area contributed by atoms with E-state index >= 15 is 0 Å². The van der Waals surface area contributed by atoms with E-state index in [1.807, 2.05) is 0 Å². The topological polar surface area (TPSA) is 18.5 Å². The molecule has 176 valence electrons. The van der Waals surface area contributed by atoms with Crippen molar-refractivity contribution in [3.05, 3.63) is 0 Å². The highest BCUT2D eigenvalue weighted by atomic mass is 28.4. The average molecular weight is 429 g/mol. The summed E-state index contributed by atoms with van der Waals surface area (Å²) in [7, 11) is -1.92. The molecule has 0 bridgehead atoms. The first-order chi connectivity index (χ1) is 14.2. The quantitative estimate of drug-likeness (QED) is 0.112. The normalized spacial score (nSPS) is 12.0. The maximum atomic E-state index is 6.38. The molecule has 0 amide bonds. The van der Waals surface area contributed by atoms with Crippen molar-refractivity contribution in [1.29, 1.82) is 0 Å². The van der Waals surface area contributed by atoms with Crippen molar-refractivity contribution < 1.29 is 8.85 Å². The summed E-state index contributed by atoms with van der Waals surface area (Å²) >= 11 is 0. The molecule has 0 saturated carbocycles. The largest absolute Gasteiger partial charge is 0.394 e. The lowest BCUT2D eigenvalue weighted by Crippen LogP contribution is -2.41. The lowest BCUT2D eigenvalue weighted by Gasteiger charge is -2.29. The molecule has 0 heterocycles. The van der Waals surface area contributed by atoms with Crippen LogP contribution in [0.15, 0.2) is 0 Å². The van der Waals surface area contributed by atoms with E-state index in [9.17, 15) is 0 Å². The number of hydrogen-bond donors (Lipinski definition) is 0. The molecule has 0 rings (SSSR count). The summed E-state index contributed by atoms with van der Waals surface area (Å²) in [6.07, 6.45) is 24.8. The fourth-order valence-corrected chi connectivity index (χ4v) is 6.47. The first-order valence-corrected chi connectivity index (χ1v) is 15.8. The van der Waals surface area contributed by atoms with E-state index in [1.165, 1.54) is 116 Å². The van der Waals surface area contributed by atoms with Crippen LogP contribution in [0.3, 0.4) is 0 Å². The van der Waals surface area contributed by atoms with Gasteiger partial charge in [-0.15, -0.1) is 0 Å². The summed E-state index contributed by atoms with van der Waals surface area (Å²) in [6.45, 7) is 10.9. The summed E-state index contributed by atoms with van der Waals surface area (Å²) in [5, 5.41) is 0. The lowest BCUT2D eigenvalue weighted by atomic mass is 10.1. The maximum absolute atomic E-state index is 6.38. The molecule has 0 aromatic heterocycles. The van der Waals surface area contributed by atoms with Gasteiger partial charge in [0.2, 0.25) is 0 Å². The molecular formula is C26H56O2Si. The molecular weight excluding hydrogens is 372 g/mol. The van der Waals surface area contributed by atoms with Gasteiger partial charge in [0.15, 0.2) is 0 Å². The van der Waals surface area contributed by atoms with Crippen molar-refractivity contribution in [2.75, 3.05) is 13.2 Å². The standard InChI is InChI=1S/C26H56O2Si/c1-5-9-11-13-15-16-17-18-19-20-22-24-26-28-29(7-3,8-4)27-25-23-21-14-12-10-6-2/h5-26H2,1-4H3. The van der Waals surface area contributed by atoms with Gasteiger partial charge in [0, 0.05) is 13.2 Å². The Balaban J connectivity index is 3.58. The summed E-state index contributed by atoms with van der Waals surface area (Å²) in [5.74, 6) is 0. The first kappa shape index (κ1) is 29.1. The zero-order chi connectivity index (χ0) is 21.5. The van der Waals surface area contributed by atoms with Crippen LogP contribution < -0.4 is 0 Å². The van der Waals surface area contributed by atoms with Crippen LogP contribution in [0, 0.1) is 0 Å². The number of rotatable bonds is 24. The fourth-order valence-electron chi connectivity index (χ4n) is 4.04. The molecule has 0 radical (unpaired) electrons. The third-order valence-corrected chi connectivity index (χ3v) is 9.92. The molecule has 0 aromatic carbocycles. The zero-order valence-corrected chi connectivity index (χ0v) is 21.9. The van der Waals surface area contributed by atoms with Crippen LogP contribution in [-0.2, 0) is 8.85 Å². The van der Waals surface area contributed by atoms with E-state index in [0.717, 1.165) is 25.3 Å². The Morgan fingerprint density at radius 1 is 0.379 bits per heavy atom. The molecule has 0 N–H and O–H groups in total. The first-order valence-electron chi connectivity index (χ1n) is 13.5. The molecule has 0 saturated heterocycles. The second kappa shape index (κ2) is 22.8. The third-order valence-electron chi connectivity index (χ3n) is 6.30. The Morgan fingerprint density at radius 3 is 0.931 bits per heavy atom. The number of hydrogen-bond acceptors (Lipinski definition) is 2. The molecule has 3 heteroatoms. The van der Waals surface area contributed by atoms with E-state index in [2.05, 4.69) is 27.7 Å². The molecule has 0 unspecified atom stereocenters. The van der Waals surface area contributed by atoms with Gasteiger partial charge < -0.3 is 8.85 Å². The van der Waals surface area contributed by atoms with Crippen molar-refractivity contribution in [3.8, 4) is 0 Å². The second-order valence-corrected chi connectivity index (χ2v) is 12.8. The van der Waals surface area contributed by atoms with Gasteiger partial charge in [0.25, 0.3) is 0 Å². The fraction of sp³-hybridized carbons (Fsp3) is 1.00. The molecule has 0 aliphatic rings. The van der Waals surface area contributed by atoms with Gasteiger partial charge >= 0.3 is 8.56 Å². The summed E-state index contributed by atoms with van der Waals surface area (Å²) < 4.78 is 12.7. The molecule has 0 aromatic rings. The smallest absolute Gasteiger partial charge is 0.337 e. The van der Waals surface area contributed by atoms with Gasteiger partial charge in [-0.25, -0.2) is 0 Å². The van der Waals surface area contributed by atoms with E-state index in [0.29, 0.717) is 0 Å². The monoisotopic (exact) mass is 428 g/mol. The van der Waals surface area contributed by atoms with Gasteiger partial charge in [-0.05, 0) is 24.9 Å². The lowest BCUT2D eigenvalue weighted by molar-refractivity contribution is 0.163. The Bertz CT molecular complexity index is 305. The molecule has 29 heavy (non-hydrogen) atoms. The molecule has 0 spiro atoms. The Morgan fingerprint density at radius 2 is 0.655 bits per heavy atom. The molecule has 0 atom stereocenters. The Kier molecular flexibility index (Phi) is 22.9. The van der Waals surface area contributed by atoms with E-state index in [-0.39, 0.29) is 0 Å². The summed E-state index contributed by atoms with van der Waals surface area (Å²) in [6, 6.07) is 2.19. The Hall–Kier alpha value is 0.137. The van der Waals surface area contributed by atoms with E-state index in [4.69, 9.17) is 8.85 Å². The minimum Gasteiger partial charge on any atom is -0.394 e. The van der Waals surface area contributed by atoms with Crippen LogP contribution in [0.2, 0.25) is 12.1 Å². The summed E-state index contributed by atoms with van der Waals surface area (Å²) in [4.78, 5) is 0. The van der Waals surface area contributed by atoms with Crippen LogP contribution in [0.5, 0.6) is 0 Å². The Labute approximate surface area is 186 Å². The predicted molar refractivity (Wildman–Crippen MR) is 133 cm³/mol. The number of unbranched alkanes of at least 4 members (excludes halogenated alkanes) is 16. The van der Waals surface area contributed by atoms with E-state index in [1.54, 1.807) is 0 Å². The van der Waals surface area contributed by atoms with Crippen molar-refractivity contribution >= 4 is 8.56 Å². The minimum atomic E-state index is -1.92. The highest BCUT2D eigenvalue weighted by Gasteiger charge is 2.33. The van der Waals surface area contributed by atoms with E-state index < -0.39 is 8.56 Å². The molecule has 0 fully saturated rings. The average Bonchev–Trinajstić information content (AvgIpc) is 2.75. The van der Waals surface area contributed by atoms with Crippen molar-refractivity contribution in [3.63, 3.8) is 0 Å².